The highest BCUT2D eigenvalue weighted by molar-refractivity contribution is 7.12. The molecule has 2 nitrogen and oxygen atoms in total. The van der Waals surface area contributed by atoms with E-state index in [2.05, 4.69) is 26.0 Å². The van der Waals surface area contributed by atoms with Crippen molar-refractivity contribution >= 4 is 17.1 Å². The molecule has 0 N–H and O–H groups in total. The summed E-state index contributed by atoms with van der Waals surface area (Å²) in [6.45, 7) is 4.93. The number of Topliss-reactive ketones (excluding diaryl/α,β-unsaturated/α-hetero) is 1. The van der Waals surface area contributed by atoms with Crippen LogP contribution in [0.1, 0.15) is 47.8 Å². The number of hydrogen-bond acceptors (Lipinski definition) is 3. The summed E-state index contributed by atoms with van der Waals surface area (Å²) in [6, 6.07) is 12.0. The highest BCUT2D eigenvalue weighted by atomic mass is 32.1. The SMILES string of the molecule is CC(C)c1ccc(OCCCC(=O)c2cccs2)cc1. The number of ether oxygens (including phenoxy) is 1. The molecule has 1 aromatic heterocycles. The van der Waals surface area contributed by atoms with E-state index in [4.69, 9.17) is 4.74 Å². The summed E-state index contributed by atoms with van der Waals surface area (Å²) in [4.78, 5) is 12.6. The Kier molecular flexibility index (Phi) is 5.36. The van der Waals surface area contributed by atoms with Crippen LogP contribution in [-0.2, 0) is 0 Å². The Morgan fingerprint density at radius 3 is 2.55 bits per heavy atom. The van der Waals surface area contributed by atoms with Crippen molar-refractivity contribution in [1.29, 1.82) is 0 Å². The molecule has 0 radical (unpaired) electrons. The number of benzene rings is 1. The minimum atomic E-state index is 0.207. The van der Waals surface area contributed by atoms with Crippen LogP contribution in [0.2, 0.25) is 0 Å². The van der Waals surface area contributed by atoms with Gasteiger partial charge in [-0.15, -0.1) is 11.3 Å². The monoisotopic (exact) mass is 288 g/mol. The molecule has 2 aromatic rings. The van der Waals surface area contributed by atoms with Crippen LogP contribution in [0, 0.1) is 0 Å². The average Bonchev–Trinajstić information content (AvgIpc) is 2.98. The average molecular weight is 288 g/mol. The van der Waals surface area contributed by atoms with Gasteiger partial charge in [-0.2, -0.15) is 0 Å². The molecule has 2 rings (SSSR count). The molecule has 0 saturated heterocycles. The predicted molar refractivity (Wildman–Crippen MR) is 83.9 cm³/mol. The molecule has 0 bridgehead atoms. The third-order valence-electron chi connectivity index (χ3n) is 3.16. The van der Waals surface area contributed by atoms with Crippen molar-refractivity contribution in [2.24, 2.45) is 0 Å². The lowest BCUT2D eigenvalue weighted by molar-refractivity contribution is 0.0977. The minimum Gasteiger partial charge on any atom is -0.494 e. The molecule has 0 fully saturated rings. The lowest BCUT2D eigenvalue weighted by Gasteiger charge is -2.08. The van der Waals surface area contributed by atoms with Crippen LogP contribution in [0.4, 0.5) is 0 Å². The third kappa shape index (κ3) is 4.20. The fraction of sp³-hybridized carbons (Fsp3) is 0.353. The number of rotatable bonds is 7. The Morgan fingerprint density at radius 1 is 1.20 bits per heavy atom. The second kappa shape index (κ2) is 7.25. The summed E-state index contributed by atoms with van der Waals surface area (Å²) in [6.07, 6.45) is 1.30. The Hall–Kier alpha value is -1.61. The molecule has 0 unspecified atom stereocenters. The topological polar surface area (TPSA) is 26.3 Å². The van der Waals surface area contributed by atoms with Gasteiger partial charge in [-0.05, 0) is 41.5 Å². The van der Waals surface area contributed by atoms with Gasteiger partial charge in [-0.25, -0.2) is 0 Å². The first-order valence-corrected chi connectivity index (χ1v) is 7.84. The van der Waals surface area contributed by atoms with Gasteiger partial charge in [0, 0.05) is 6.42 Å². The van der Waals surface area contributed by atoms with Gasteiger partial charge < -0.3 is 4.74 Å². The van der Waals surface area contributed by atoms with E-state index in [0.29, 0.717) is 18.9 Å². The molecule has 0 aliphatic heterocycles. The Bertz CT molecular complexity index is 527. The van der Waals surface area contributed by atoms with Gasteiger partial charge in [-0.3, -0.25) is 4.79 Å². The Morgan fingerprint density at radius 2 is 1.95 bits per heavy atom. The van der Waals surface area contributed by atoms with Crippen LogP contribution in [-0.4, -0.2) is 12.4 Å². The molecule has 3 heteroatoms. The van der Waals surface area contributed by atoms with E-state index in [0.717, 1.165) is 17.0 Å². The Balaban J connectivity index is 1.72. The van der Waals surface area contributed by atoms with Crippen LogP contribution >= 0.6 is 11.3 Å². The fourth-order valence-corrected chi connectivity index (χ4v) is 2.63. The van der Waals surface area contributed by atoms with E-state index in [1.54, 1.807) is 0 Å². The van der Waals surface area contributed by atoms with Gasteiger partial charge in [-0.1, -0.05) is 32.0 Å². The van der Waals surface area contributed by atoms with Crippen LogP contribution in [0.3, 0.4) is 0 Å². The highest BCUT2D eigenvalue weighted by Crippen LogP contribution is 2.19. The van der Waals surface area contributed by atoms with Crippen LogP contribution in [0.25, 0.3) is 0 Å². The quantitative estimate of drug-likeness (QED) is 0.534. The number of carbonyl (C=O) groups is 1. The van der Waals surface area contributed by atoms with Gasteiger partial charge in [0.1, 0.15) is 5.75 Å². The first-order chi connectivity index (χ1) is 9.66. The summed E-state index contributed by atoms with van der Waals surface area (Å²) in [5.74, 6) is 1.61. The summed E-state index contributed by atoms with van der Waals surface area (Å²) in [5.41, 5.74) is 1.31. The maximum atomic E-state index is 11.8. The largest absolute Gasteiger partial charge is 0.494 e. The van der Waals surface area contributed by atoms with Crippen molar-refractivity contribution < 1.29 is 9.53 Å². The second-order valence-corrected chi connectivity index (χ2v) is 6.02. The molecular formula is C17H20O2S. The Labute approximate surface area is 124 Å². The van der Waals surface area contributed by atoms with Crippen LogP contribution in [0.5, 0.6) is 5.75 Å². The van der Waals surface area contributed by atoms with Crippen molar-refractivity contribution in [3.63, 3.8) is 0 Å². The second-order valence-electron chi connectivity index (χ2n) is 5.08. The van der Waals surface area contributed by atoms with Crippen molar-refractivity contribution in [3.8, 4) is 5.75 Å². The van der Waals surface area contributed by atoms with Gasteiger partial charge in [0.25, 0.3) is 0 Å². The van der Waals surface area contributed by atoms with E-state index >= 15 is 0 Å². The first-order valence-electron chi connectivity index (χ1n) is 6.96. The van der Waals surface area contributed by atoms with E-state index < -0.39 is 0 Å². The van der Waals surface area contributed by atoms with Crippen LogP contribution < -0.4 is 4.74 Å². The van der Waals surface area contributed by atoms with E-state index in [1.807, 2.05) is 29.6 Å². The summed E-state index contributed by atoms with van der Waals surface area (Å²) < 4.78 is 5.66. The van der Waals surface area contributed by atoms with Gasteiger partial charge in [0.15, 0.2) is 5.78 Å². The van der Waals surface area contributed by atoms with Gasteiger partial charge in [0.05, 0.1) is 11.5 Å². The van der Waals surface area contributed by atoms with E-state index in [-0.39, 0.29) is 5.78 Å². The molecule has 0 aliphatic rings. The molecular weight excluding hydrogens is 268 g/mol. The predicted octanol–water partition coefficient (Wildman–Crippen LogP) is 4.91. The maximum absolute atomic E-state index is 11.8. The van der Waals surface area contributed by atoms with E-state index in [1.165, 1.54) is 16.9 Å². The summed E-state index contributed by atoms with van der Waals surface area (Å²) in [7, 11) is 0. The summed E-state index contributed by atoms with van der Waals surface area (Å²) >= 11 is 1.50. The normalized spacial score (nSPS) is 10.8. The van der Waals surface area contributed by atoms with Crippen molar-refractivity contribution in [3.05, 3.63) is 52.2 Å². The zero-order chi connectivity index (χ0) is 14.4. The van der Waals surface area contributed by atoms with E-state index in [9.17, 15) is 4.79 Å². The van der Waals surface area contributed by atoms with Crippen molar-refractivity contribution in [1.82, 2.24) is 0 Å². The molecule has 0 amide bonds. The molecule has 0 atom stereocenters. The molecule has 0 aliphatic carbocycles. The number of hydrogen-bond donors (Lipinski definition) is 0. The maximum Gasteiger partial charge on any atom is 0.172 e. The fourth-order valence-electron chi connectivity index (χ4n) is 1.93. The number of ketones is 1. The standard InChI is InChI=1S/C17H20O2S/c1-13(2)14-7-9-15(10-8-14)19-11-3-5-16(18)17-6-4-12-20-17/h4,6-10,12-13H,3,5,11H2,1-2H3. The zero-order valence-corrected chi connectivity index (χ0v) is 12.8. The minimum absolute atomic E-state index is 0.207. The molecule has 20 heavy (non-hydrogen) atoms. The number of thiophene rings is 1. The zero-order valence-electron chi connectivity index (χ0n) is 12.0. The first kappa shape index (κ1) is 14.8. The summed E-state index contributed by atoms with van der Waals surface area (Å²) in [5, 5.41) is 1.93. The lowest BCUT2D eigenvalue weighted by atomic mass is 10.0. The molecule has 0 spiro atoms. The molecule has 106 valence electrons. The third-order valence-corrected chi connectivity index (χ3v) is 4.07. The highest BCUT2D eigenvalue weighted by Gasteiger charge is 2.06. The van der Waals surface area contributed by atoms with Crippen molar-refractivity contribution in [2.45, 2.75) is 32.6 Å². The lowest BCUT2D eigenvalue weighted by Crippen LogP contribution is -2.02. The molecule has 0 saturated carbocycles. The van der Waals surface area contributed by atoms with Gasteiger partial charge >= 0.3 is 0 Å². The molecule has 1 heterocycles. The van der Waals surface area contributed by atoms with Gasteiger partial charge in [0.2, 0.25) is 0 Å². The molecule has 1 aromatic carbocycles. The van der Waals surface area contributed by atoms with Crippen molar-refractivity contribution in [2.75, 3.05) is 6.61 Å². The van der Waals surface area contributed by atoms with Crippen LogP contribution in [0.15, 0.2) is 41.8 Å². The number of carbonyl (C=O) groups excluding carboxylic acids is 1. The smallest absolute Gasteiger partial charge is 0.172 e.